The number of amides is 2. The predicted molar refractivity (Wildman–Crippen MR) is 83.7 cm³/mol. The molecule has 3 N–H and O–H groups in total. The number of rotatable bonds is 4. The first-order valence-corrected chi connectivity index (χ1v) is 6.83. The minimum Gasteiger partial charge on any atom is -0.366 e. The third kappa shape index (κ3) is 3.29. The Morgan fingerprint density at radius 3 is 2.45 bits per heavy atom. The molecule has 0 heterocycles. The summed E-state index contributed by atoms with van der Waals surface area (Å²) in [4.78, 5) is 33.8. The van der Waals surface area contributed by atoms with E-state index < -0.39 is 16.7 Å². The SMILES string of the molecule is NC(=O)c1ccccc1NC(=O)c1cc([N+](=O)[O-])ccc1Br. The van der Waals surface area contributed by atoms with Gasteiger partial charge in [-0.05, 0) is 34.1 Å². The van der Waals surface area contributed by atoms with Gasteiger partial charge in [0.15, 0.2) is 0 Å². The lowest BCUT2D eigenvalue weighted by atomic mass is 10.1. The largest absolute Gasteiger partial charge is 0.366 e. The number of carbonyl (C=O) groups is 2. The molecule has 0 aliphatic carbocycles. The van der Waals surface area contributed by atoms with E-state index in [2.05, 4.69) is 21.2 Å². The average Bonchev–Trinajstić information content (AvgIpc) is 2.47. The van der Waals surface area contributed by atoms with Crippen LogP contribution in [0.4, 0.5) is 11.4 Å². The molecule has 2 aromatic rings. The van der Waals surface area contributed by atoms with E-state index in [4.69, 9.17) is 5.73 Å². The van der Waals surface area contributed by atoms with Gasteiger partial charge >= 0.3 is 0 Å². The molecule has 0 spiro atoms. The first kappa shape index (κ1) is 15.6. The van der Waals surface area contributed by atoms with E-state index in [0.717, 1.165) is 6.07 Å². The summed E-state index contributed by atoms with van der Waals surface area (Å²) in [5.74, 6) is -1.28. The number of nitro groups is 1. The highest BCUT2D eigenvalue weighted by Crippen LogP contribution is 2.24. The zero-order chi connectivity index (χ0) is 16.3. The predicted octanol–water partition coefficient (Wildman–Crippen LogP) is 2.71. The maximum Gasteiger partial charge on any atom is 0.270 e. The standard InChI is InChI=1S/C14H10BrN3O4/c15-11-6-5-8(18(21)22)7-10(11)14(20)17-12-4-2-1-3-9(12)13(16)19/h1-7H,(H2,16,19)(H,17,20). The number of hydrogen-bond donors (Lipinski definition) is 2. The molecule has 0 aromatic heterocycles. The Bertz CT molecular complexity index is 776. The van der Waals surface area contributed by atoms with E-state index in [1.165, 1.54) is 24.3 Å². The lowest BCUT2D eigenvalue weighted by molar-refractivity contribution is -0.384. The minimum atomic E-state index is -0.686. The van der Waals surface area contributed by atoms with E-state index in [-0.39, 0.29) is 22.5 Å². The van der Waals surface area contributed by atoms with E-state index in [0.29, 0.717) is 4.47 Å². The molecule has 8 heteroatoms. The third-order valence-electron chi connectivity index (χ3n) is 2.85. The van der Waals surface area contributed by atoms with Gasteiger partial charge in [0.25, 0.3) is 17.5 Å². The van der Waals surface area contributed by atoms with E-state index >= 15 is 0 Å². The highest BCUT2D eigenvalue weighted by molar-refractivity contribution is 9.10. The molecule has 0 atom stereocenters. The van der Waals surface area contributed by atoms with Gasteiger partial charge in [-0.1, -0.05) is 12.1 Å². The fraction of sp³-hybridized carbons (Fsp3) is 0. The summed E-state index contributed by atoms with van der Waals surface area (Å²) in [6.45, 7) is 0. The molecular weight excluding hydrogens is 354 g/mol. The number of halogens is 1. The summed E-state index contributed by atoms with van der Waals surface area (Å²) in [5, 5.41) is 13.3. The number of nitrogens with two attached hydrogens (primary N) is 1. The third-order valence-corrected chi connectivity index (χ3v) is 3.54. The van der Waals surface area contributed by atoms with Crippen LogP contribution in [-0.2, 0) is 0 Å². The lowest BCUT2D eigenvalue weighted by Crippen LogP contribution is -2.18. The molecule has 2 rings (SSSR count). The summed E-state index contributed by atoms with van der Waals surface area (Å²) in [6.07, 6.45) is 0. The Morgan fingerprint density at radius 1 is 1.14 bits per heavy atom. The van der Waals surface area contributed by atoms with E-state index in [1.54, 1.807) is 12.1 Å². The number of hydrogen-bond acceptors (Lipinski definition) is 4. The highest BCUT2D eigenvalue weighted by atomic mass is 79.9. The van der Waals surface area contributed by atoms with E-state index in [1.807, 2.05) is 0 Å². The van der Waals surface area contributed by atoms with Gasteiger partial charge in [0.2, 0.25) is 0 Å². The first-order chi connectivity index (χ1) is 10.4. The van der Waals surface area contributed by atoms with Crippen molar-refractivity contribution in [1.82, 2.24) is 0 Å². The fourth-order valence-electron chi connectivity index (χ4n) is 1.80. The van der Waals surface area contributed by atoms with Crippen LogP contribution in [0.25, 0.3) is 0 Å². The lowest BCUT2D eigenvalue weighted by Gasteiger charge is -2.09. The van der Waals surface area contributed by atoms with Gasteiger partial charge in [0.05, 0.1) is 21.7 Å². The molecule has 0 unspecified atom stereocenters. The van der Waals surface area contributed by atoms with Gasteiger partial charge in [0.1, 0.15) is 0 Å². The normalized spacial score (nSPS) is 10.0. The Balaban J connectivity index is 2.36. The van der Waals surface area contributed by atoms with Crippen LogP contribution in [0.15, 0.2) is 46.9 Å². The maximum atomic E-state index is 12.3. The fourth-order valence-corrected chi connectivity index (χ4v) is 2.22. The summed E-state index contributed by atoms with van der Waals surface area (Å²) in [6, 6.07) is 10.1. The van der Waals surface area contributed by atoms with Crippen molar-refractivity contribution >= 4 is 39.1 Å². The van der Waals surface area contributed by atoms with Gasteiger partial charge in [0, 0.05) is 16.6 Å². The van der Waals surface area contributed by atoms with Crippen LogP contribution < -0.4 is 11.1 Å². The van der Waals surface area contributed by atoms with Gasteiger partial charge in [-0.25, -0.2) is 0 Å². The molecule has 2 amide bonds. The van der Waals surface area contributed by atoms with Crippen molar-refractivity contribution in [3.05, 3.63) is 68.2 Å². The second-order valence-electron chi connectivity index (χ2n) is 4.29. The molecule has 2 aromatic carbocycles. The minimum absolute atomic E-state index is 0.0773. The molecule has 0 aliphatic rings. The smallest absolute Gasteiger partial charge is 0.270 e. The van der Waals surface area contributed by atoms with Gasteiger partial charge in [-0.3, -0.25) is 19.7 Å². The molecule has 22 heavy (non-hydrogen) atoms. The summed E-state index contributed by atoms with van der Waals surface area (Å²) in [5.41, 5.74) is 5.48. The molecule has 0 aliphatic heterocycles. The Kier molecular flexibility index (Phi) is 4.52. The molecule has 7 nitrogen and oxygen atoms in total. The molecule has 0 saturated carbocycles. The molecular formula is C14H10BrN3O4. The van der Waals surface area contributed by atoms with Crippen molar-refractivity contribution in [3.63, 3.8) is 0 Å². The van der Waals surface area contributed by atoms with Crippen LogP contribution in [0.5, 0.6) is 0 Å². The van der Waals surface area contributed by atoms with Crippen molar-refractivity contribution in [2.24, 2.45) is 5.73 Å². The second kappa shape index (κ2) is 6.35. The number of benzene rings is 2. The number of nitrogens with one attached hydrogen (secondary N) is 1. The van der Waals surface area contributed by atoms with Crippen molar-refractivity contribution < 1.29 is 14.5 Å². The van der Waals surface area contributed by atoms with Crippen molar-refractivity contribution in [1.29, 1.82) is 0 Å². The van der Waals surface area contributed by atoms with Crippen molar-refractivity contribution in [2.45, 2.75) is 0 Å². The quantitative estimate of drug-likeness (QED) is 0.641. The maximum absolute atomic E-state index is 12.3. The number of nitrogens with zero attached hydrogens (tertiary/aromatic N) is 1. The second-order valence-corrected chi connectivity index (χ2v) is 5.14. The van der Waals surface area contributed by atoms with Crippen LogP contribution in [-0.4, -0.2) is 16.7 Å². The van der Waals surface area contributed by atoms with Crippen molar-refractivity contribution in [3.8, 4) is 0 Å². The first-order valence-electron chi connectivity index (χ1n) is 6.04. The number of non-ortho nitro benzene ring substituents is 1. The van der Waals surface area contributed by atoms with Crippen LogP contribution in [0.2, 0.25) is 0 Å². The Hall–Kier alpha value is -2.74. The Morgan fingerprint density at radius 2 is 1.82 bits per heavy atom. The van der Waals surface area contributed by atoms with Gasteiger partial charge < -0.3 is 11.1 Å². The summed E-state index contributed by atoms with van der Waals surface area (Å²) >= 11 is 3.17. The zero-order valence-corrected chi connectivity index (χ0v) is 12.7. The van der Waals surface area contributed by atoms with Gasteiger partial charge in [-0.15, -0.1) is 0 Å². The topological polar surface area (TPSA) is 115 Å². The number of primary amides is 1. The van der Waals surface area contributed by atoms with E-state index in [9.17, 15) is 19.7 Å². The average molecular weight is 364 g/mol. The summed E-state index contributed by atoms with van der Waals surface area (Å²) in [7, 11) is 0. The number of para-hydroxylation sites is 1. The van der Waals surface area contributed by atoms with Crippen molar-refractivity contribution in [2.75, 3.05) is 5.32 Å². The number of carbonyl (C=O) groups excluding carboxylic acids is 2. The summed E-state index contributed by atoms with van der Waals surface area (Å²) < 4.78 is 0.396. The van der Waals surface area contributed by atoms with Crippen LogP contribution in [0.3, 0.4) is 0 Å². The highest BCUT2D eigenvalue weighted by Gasteiger charge is 2.17. The van der Waals surface area contributed by atoms with Crippen LogP contribution >= 0.6 is 15.9 Å². The molecule has 0 bridgehead atoms. The molecule has 112 valence electrons. The van der Waals surface area contributed by atoms with Crippen LogP contribution in [0, 0.1) is 10.1 Å². The number of anilines is 1. The van der Waals surface area contributed by atoms with Gasteiger partial charge in [-0.2, -0.15) is 0 Å². The molecule has 0 radical (unpaired) electrons. The Labute approximate surface area is 133 Å². The molecule has 0 saturated heterocycles. The molecule has 0 fully saturated rings. The number of nitro benzene ring substituents is 1. The zero-order valence-electron chi connectivity index (χ0n) is 11.1. The van der Waals surface area contributed by atoms with Crippen LogP contribution in [0.1, 0.15) is 20.7 Å². The monoisotopic (exact) mass is 363 g/mol.